The largest absolute Gasteiger partial charge is 0.453 e. The number of hydrogen-bond acceptors (Lipinski definition) is 9. The summed E-state index contributed by atoms with van der Waals surface area (Å²) in [6, 6.07) is 31.9. The Kier molecular flexibility index (Phi) is 13.1. The molecule has 324 valence electrons. The zero-order valence-electron chi connectivity index (χ0n) is 34.9. The fourth-order valence-corrected chi connectivity index (χ4v) is 9.30. The number of amides is 4. The van der Waals surface area contributed by atoms with Crippen LogP contribution in [0.3, 0.4) is 0 Å². The molecule has 4 amide bonds. The number of thioether (sulfide) groups is 1. The van der Waals surface area contributed by atoms with Gasteiger partial charge in [-0.1, -0.05) is 121 Å². The van der Waals surface area contributed by atoms with Crippen LogP contribution < -0.4 is 10.6 Å². The summed E-state index contributed by atoms with van der Waals surface area (Å²) in [5, 5.41) is 6.00. The van der Waals surface area contributed by atoms with Gasteiger partial charge in [0.05, 0.1) is 38.2 Å². The van der Waals surface area contributed by atoms with E-state index in [4.69, 9.17) is 31.0 Å². The number of hydrogen-bond donors (Lipinski definition) is 4. The first-order valence-corrected chi connectivity index (χ1v) is 22.3. The summed E-state index contributed by atoms with van der Waals surface area (Å²) < 4.78 is 9.69. The van der Waals surface area contributed by atoms with Crippen molar-refractivity contribution in [2.24, 2.45) is 0 Å². The van der Waals surface area contributed by atoms with Gasteiger partial charge in [-0.2, -0.15) is 11.8 Å². The molecule has 2 fully saturated rings. The Labute approximate surface area is 374 Å². The highest BCUT2D eigenvalue weighted by molar-refractivity contribution is 7.99. The minimum atomic E-state index is -0.923. The minimum Gasteiger partial charge on any atom is -0.453 e. The normalized spacial score (nSPS) is 18.1. The third kappa shape index (κ3) is 9.30. The Bertz CT molecular complexity index is 2550. The lowest BCUT2D eigenvalue weighted by molar-refractivity contribution is -0.135. The van der Waals surface area contributed by atoms with Crippen LogP contribution in [0, 0.1) is 0 Å². The van der Waals surface area contributed by atoms with Crippen molar-refractivity contribution in [1.82, 2.24) is 40.4 Å². The highest BCUT2D eigenvalue weighted by Gasteiger charge is 2.41. The van der Waals surface area contributed by atoms with Crippen LogP contribution in [0.15, 0.2) is 115 Å². The van der Waals surface area contributed by atoms with Crippen LogP contribution in [-0.4, -0.2) is 92.6 Å². The topological polar surface area (TPSA) is 175 Å². The molecule has 6 aromatic rings. The first-order chi connectivity index (χ1) is 30.6. The van der Waals surface area contributed by atoms with Gasteiger partial charge < -0.3 is 39.9 Å². The number of aromatic amines is 2. The van der Waals surface area contributed by atoms with Crippen molar-refractivity contribution in [2.45, 2.75) is 48.7 Å². The molecular formula is C47H47ClN8O6S. The Balaban J connectivity index is 0.957. The quantitative estimate of drug-likeness (QED) is 0.0938. The molecule has 4 N–H and O–H groups in total. The molecule has 2 aromatic heterocycles. The number of rotatable bonds is 12. The van der Waals surface area contributed by atoms with E-state index in [9.17, 15) is 19.2 Å². The molecule has 63 heavy (non-hydrogen) atoms. The van der Waals surface area contributed by atoms with Crippen molar-refractivity contribution in [3.63, 3.8) is 0 Å². The van der Waals surface area contributed by atoms with E-state index in [1.54, 1.807) is 39.9 Å². The summed E-state index contributed by atoms with van der Waals surface area (Å²) in [6.45, 7) is 1.02. The van der Waals surface area contributed by atoms with Gasteiger partial charge in [0.2, 0.25) is 0 Å². The van der Waals surface area contributed by atoms with Crippen LogP contribution in [0.2, 0.25) is 5.15 Å². The molecule has 4 heterocycles. The average molecular weight is 887 g/mol. The molecule has 16 heteroatoms. The van der Waals surface area contributed by atoms with Crippen LogP contribution in [-0.2, 0) is 19.1 Å². The van der Waals surface area contributed by atoms with E-state index in [2.05, 4.69) is 20.6 Å². The van der Waals surface area contributed by atoms with E-state index in [1.165, 1.54) is 14.2 Å². The lowest BCUT2D eigenvalue weighted by Gasteiger charge is -2.28. The van der Waals surface area contributed by atoms with Gasteiger partial charge in [-0.05, 0) is 53.3 Å². The zero-order valence-corrected chi connectivity index (χ0v) is 36.5. The number of H-pyrrole nitrogens is 2. The summed E-state index contributed by atoms with van der Waals surface area (Å²) in [5.74, 6) is 0.772. The van der Waals surface area contributed by atoms with Crippen molar-refractivity contribution >= 4 is 47.4 Å². The summed E-state index contributed by atoms with van der Waals surface area (Å²) in [5.41, 5.74) is 6.48. The molecule has 8 rings (SSSR count). The molecule has 0 aliphatic carbocycles. The van der Waals surface area contributed by atoms with Gasteiger partial charge in [-0.3, -0.25) is 9.59 Å². The molecule has 2 saturated heterocycles. The standard InChI is InChI=1S/C47H47ClN8O6S/c1-61-46(59)52-39(31-11-6-4-7-12-31)44(57)55-24-10-15-36(55)43-51-38(41(48)54-43)33-22-18-29(19-23-33)28-16-20-30(21-17-28)35-26-49-42(50-35)37-25-34(63-3)27-56(37)45(58)40(53-47(60)62-2)32-13-8-5-9-14-32/h4-9,11-14,16-23,26,34,36-37,39-40H,10,15,24-25,27H2,1-3H3,(H,49,50)(H,51,54)(H,52,59)(H,53,60)/t34-,36-,37-,39+,40+/m0/s1. The SMILES string of the molecule is COC(=O)N[C@@H](C(=O)N1C[C@@H](SC)C[C@H]1c1ncc(-c2ccc(-c3ccc(-c4nc([C@@H]5CCCN5C(=O)[C@H](NC(=O)OC)c5ccccc5)[nH]c4Cl)cc3)cc2)[nH]1)c1ccccc1. The third-order valence-corrected chi connectivity index (χ3v) is 12.9. The van der Waals surface area contributed by atoms with Gasteiger partial charge in [-0.15, -0.1) is 0 Å². The number of nitrogens with zero attached hydrogens (tertiary/aromatic N) is 4. The van der Waals surface area contributed by atoms with Gasteiger partial charge in [0.25, 0.3) is 11.8 Å². The fraction of sp³-hybridized carbons (Fsp3) is 0.277. The van der Waals surface area contributed by atoms with Crippen molar-refractivity contribution < 1.29 is 28.7 Å². The van der Waals surface area contributed by atoms with Gasteiger partial charge in [0.15, 0.2) is 0 Å². The highest BCUT2D eigenvalue weighted by atomic mass is 35.5. The molecule has 4 aromatic carbocycles. The number of alkyl carbamates (subject to hydrolysis) is 2. The number of halogens is 1. The van der Waals surface area contributed by atoms with E-state index in [-0.39, 0.29) is 29.1 Å². The number of imidazole rings is 2. The number of aromatic nitrogens is 4. The molecule has 0 unspecified atom stereocenters. The summed E-state index contributed by atoms with van der Waals surface area (Å²) in [4.78, 5) is 72.6. The maximum atomic E-state index is 14.2. The molecular weight excluding hydrogens is 840 g/mol. The van der Waals surface area contributed by atoms with Crippen LogP contribution in [0.4, 0.5) is 9.59 Å². The zero-order chi connectivity index (χ0) is 44.0. The molecule has 0 bridgehead atoms. The number of carbonyl (C=O) groups is 4. The predicted octanol–water partition coefficient (Wildman–Crippen LogP) is 8.65. The van der Waals surface area contributed by atoms with Crippen LogP contribution in [0.1, 0.15) is 66.2 Å². The summed E-state index contributed by atoms with van der Waals surface area (Å²) in [7, 11) is 2.55. The lowest BCUT2D eigenvalue weighted by atomic mass is 10.0. The second kappa shape index (κ2) is 19.2. The molecule has 0 radical (unpaired) electrons. The fourth-order valence-electron chi connectivity index (χ4n) is 8.37. The van der Waals surface area contributed by atoms with Gasteiger partial charge in [0.1, 0.15) is 34.6 Å². The molecule has 2 aliphatic heterocycles. The number of ether oxygens (including phenoxy) is 2. The van der Waals surface area contributed by atoms with Crippen molar-refractivity contribution in [3.8, 4) is 33.6 Å². The second-order valence-corrected chi connectivity index (χ2v) is 16.9. The van der Waals surface area contributed by atoms with E-state index < -0.39 is 24.3 Å². The van der Waals surface area contributed by atoms with E-state index in [1.807, 2.05) is 103 Å². The van der Waals surface area contributed by atoms with Gasteiger partial charge >= 0.3 is 12.2 Å². The van der Waals surface area contributed by atoms with Crippen molar-refractivity contribution in [2.75, 3.05) is 33.6 Å². The Hall–Kier alpha value is -6.58. The number of benzene rings is 4. The predicted molar refractivity (Wildman–Crippen MR) is 242 cm³/mol. The number of carbonyl (C=O) groups excluding carboxylic acids is 4. The van der Waals surface area contributed by atoms with Gasteiger partial charge in [-0.25, -0.2) is 19.6 Å². The van der Waals surface area contributed by atoms with E-state index in [0.717, 1.165) is 34.4 Å². The first-order valence-electron chi connectivity index (χ1n) is 20.6. The highest BCUT2D eigenvalue weighted by Crippen LogP contribution is 2.39. The summed E-state index contributed by atoms with van der Waals surface area (Å²) in [6.07, 6.45) is 4.62. The number of nitrogens with one attached hydrogen (secondary N) is 4. The van der Waals surface area contributed by atoms with E-state index >= 15 is 0 Å². The van der Waals surface area contributed by atoms with Crippen LogP contribution in [0.25, 0.3) is 33.6 Å². The Morgan fingerprint density at radius 3 is 1.81 bits per heavy atom. The Morgan fingerprint density at radius 1 is 0.714 bits per heavy atom. The lowest BCUT2D eigenvalue weighted by Crippen LogP contribution is -2.43. The third-order valence-electron chi connectivity index (χ3n) is 11.7. The first kappa shape index (κ1) is 43.1. The molecule has 5 atom stereocenters. The van der Waals surface area contributed by atoms with Crippen LogP contribution >= 0.6 is 23.4 Å². The van der Waals surface area contributed by atoms with E-state index in [0.29, 0.717) is 59.6 Å². The van der Waals surface area contributed by atoms with Gasteiger partial charge in [0, 0.05) is 23.9 Å². The average Bonchev–Trinajstić information content (AvgIpc) is 4.17. The second-order valence-electron chi connectivity index (χ2n) is 15.4. The minimum absolute atomic E-state index is 0.198. The molecule has 2 aliphatic rings. The maximum absolute atomic E-state index is 14.2. The summed E-state index contributed by atoms with van der Waals surface area (Å²) >= 11 is 8.47. The van der Waals surface area contributed by atoms with Crippen LogP contribution in [0.5, 0.6) is 0 Å². The van der Waals surface area contributed by atoms with Crippen molar-refractivity contribution in [1.29, 1.82) is 0 Å². The smallest absolute Gasteiger partial charge is 0.407 e. The molecule has 0 saturated carbocycles. The monoisotopic (exact) mass is 886 g/mol. The molecule has 14 nitrogen and oxygen atoms in total. The van der Waals surface area contributed by atoms with Crippen molar-refractivity contribution in [3.05, 3.63) is 143 Å². The maximum Gasteiger partial charge on any atom is 0.407 e. The number of likely N-dealkylation sites (tertiary alicyclic amines) is 2. The number of methoxy groups -OCH3 is 2. The molecule has 0 spiro atoms. The Morgan fingerprint density at radius 2 is 1.25 bits per heavy atom.